The molecule has 0 fully saturated rings. The van der Waals surface area contributed by atoms with Crippen LogP contribution in [-0.2, 0) is 6.42 Å². The average molecular weight is 421 g/mol. The lowest BCUT2D eigenvalue weighted by Gasteiger charge is -2.10. The number of benzene rings is 2. The SMILES string of the molecule is COc1ccc(-c2nc(CCNC(=O)Nc3ccc(OC(F)(F)F)cc3)co2)cc1. The molecule has 0 bridgehead atoms. The first-order valence-electron chi connectivity index (χ1n) is 8.82. The van der Waals surface area contributed by atoms with Crippen LogP contribution in [0, 0.1) is 0 Å². The van der Waals surface area contributed by atoms with Crippen molar-refractivity contribution in [1.29, 1.82) is 0 Å². The van der Waals surface area contributed by atoms with Crippen molar-refractivity contribution in [3.63, 3.8) is 0 Å². The van der Waals surface area contributed by atoms with E-state index in [0.29, 0.717) is 23.7 Å². The van der Waals surface area contributed by atoms with E-state index >= 15 is 0 Å². The number of alkyl halides is 3. The molecule has 2 N–H and O–H groups in total. The highest BCUT2D eigenvalue weighted by molar-refractivity contribution is 5.89. The Morgan fingerprint density at radius 3 is 2.37 bits per heavy atom. The van der Waals surface area contributed by atoms with Gasteiger partial charge in [0.2, 0.25) is 5.89 Å². The summed E-state index contributed by atoms with van der Waals surface area (Å²) in [6.07, 6.45) is -2.81. The van der Waals surface area contributed by atoms with Gasteiger partial charge >= 0.3 is 12.4 Å². The number of halogens is 3. The van der Waals surface area contributed by atoms with E-state index in [1.807, 2.05) is 12.1 Å². The van der Waals surface area contributed by atoms with Crippen molar-refractivity contribution in [2.75, 3.05) is 19.0 Å². The number of ether oxygens (including phenoxy) is 2. The standard InChI is InChI=1S/C20H18F3N3O4/c1-28-16-6-2-13(3-7-16)18-25-15(12-29-18)10-11-24-19(27)26-14-4-8-17(9-5-14)30-20(21,22)23/h2-9,12H,10-11H2,1H3,(H2,24,26,27). The van der Waals surface area contributed by atoms with E-state index in [1.165, 1.54) is 18.4 Å². The minimum Gasteiger partial charge on any atom is -0.497 e. The fourth-order valence-corrected chi connectivity index (χ4v) is 2.51. The molecule has 30 heavy (non-hydrogen) atoms. The molecule has 0 saturated carbocycles. The van der Waals surface area contributed by atoms with Gasteiger partial charge in [0.1, 0.15) is 17.8 Å². The number of nitrogens with zero attached hydrogens (tertiary/aromatic N) is 1. The lowest BCUT2D eigenvalue weighted by Crippen LogP contribution is -2.30. The van der Waals surface area contributed by atoms with Gasteiger partial charge in [-0.15, -0.1) is 13.2 Å². The van der Waals surface area contributed by atoms with Crippen molar-refractivity contribution in [3.8, 4) is 23.0 Å². The molecule has 0 radical (unpaired) electrons. The number of urea groups is 1. The fraction of sp³-hybridized carbons (Fsp3) is 0.200. The second-order valence-electron chi connectivity index (χ2n) is 6.08. The second kappa shape index (κ2) is 9.21. The van der Waals surface area contributed by atoms with E-state index < -0.39 is 12.4 Å². The maximum Gasteiger partial charge on any atom is 0.573 e. The third-order valence-corrected chi connectivity index (χ3v) is 3.90. The van der Waals surface area contributed by atoms with Crippen LogP contribution in [0.4, 0.5) is 23.7 Å². The minimum absolute atomic E-state index is 0.287. The van der Waals surface area contributed by atoms with Crippen molar-refractivity contribution >= 4 is 11.7 Å². The van der Waals surface area contributed by atoms with Crippen molar-refractivity contribution in [3.05, 3.63) is 60.5 Å². The molecule has 0 aliphatic heterocycles. The van der Waals surface area contributed by atoms with Gasteiger partial charge in [0.25, 0.3) is 0 Å². The zero-order valence-corrected chi connectivity index (χ0v) is 15.8. The van der Waals surface area contributed by atoms with Gasteiger partial charge in [-0.3, -0.25) is 0 Å². The summed E-state index contributed by atoms with van der Waals surface area (Å²) in [6, 6.07) is 11.6. The largest absolute Gasteiger partial charge is 0.573 e. The summed E-state index contributed by atoms with van der Waals surface area (Å²) >= 11 is 0. The first-order chi connectivity index (χ1) is 14.3. The molecule has 7 nitrogen and oxygen atoms in total. The Hall–Kier alpha value is -3.69. The third-order valence-electron chi connectivity index (χ3n) is 3.90. The Bertz CT molecular complexity index is 970. The fourth-order valence-electron chi connectivity index (χ4n) is 2.51. The molecule has 2 aromatic carbocycles. The summed E-state index contributed by atoms with van der Waals surface area (Å²) in [4.78, 5) is 16.3. The van der Waals surface area contributed by atoms with Crippen LogP contribution in [0.3, 0.4) is 0 Å². The lowest BCUT2D eigenvalue weighted by molar-refractivity contribution is -0.274. The maximum atomic E-state index is 12.1. The van der Waals surface area contributed by atoms with Gasteiger partial charge in [0.15, 0.2) is 0 Å². The normalized spacial score (nSPS) is 11.1. The van der Waals surface area contributed by atoms with Crippen molar-refractivity contribution < 1.29 is 31.9 Å². The molecule has 3 rings (SSSR count). The number of carbonyl (C=O) groups is 1. The Balaban J connectivity index is 1.45. The summed E-state index contributed by atoms with van der Waals surface area (Å²) in [5.74, 6) is 0.814. The maximum absolute atomic E-state index is 12.1. The number of hydrogen-bond acceptors (Lipinski definition) is 5. The molecule has 0 atom stereocenters. The van der Waals surface area contributed by atoms with Crippen LogP contribution in [0.25, 0.3) is 11.5 Å². The zero-order valence-electron chi connectivity index (χ0n) is 15.8. The van der Waals surface area contributed by atoms with Gasteiger partial charge in [0.05, 0.1) is 12.8 Å². The molecule has 0 unspecified atom stereocenters. The molecule has 1 heterocycles. The first-order valence-corrected chi connectivity index (χ1v) is 8.82. The summed E-state index contributed by atoms with van der Waals surface area (Å²) < 4.78 is 50.8. The summed E-state index contributed by atoms with van der Waals surface area (Å²) in [7, 11) is 1.58. The smallest absolute Gasteiger partial charge is 0.497 e. The number of aromatic nitrogens is 1. The van der Waals surface area contributed by atoms with Crippen LogP contribution >= 0.6 is 0 Å². The zero-order chi connectivity index (χ0) is 21.6. The number of anilines is 1. The summed E-state index contributed by atoms with van der Waals surface area (Å²) in [6.45, 7) is 0.287. The van der Waals surface area contributed by atoms with Gasteiger partial charge in [-0.05, 0) is 48.5 Å². The van der Waals surface area contributed by atoms with Crippen molar-refractivity contribution in [2.45, 2.75) is 12.8 Å². The molecular formula is C20H18F3N3O4. The van der Waals surface area contributed by atoms with E-state index in [0.717, 1.165) is 23.4 Å². The molecule has 3 aromatic rings. The van der Waals surface area contributed by atoms with Crippen LogP contribution in [0.5, 0.6) is 11.5 Å². The van der Waals surface area contributed by atoms with Gasteiger partial charge in [-0.1, -0.05) is 0 Å². The quantitative estimate of drug-likeness (QED) is 0.582. The number of nitrogens with one attached hydrogen (secondary N) is 2. The Morgan fingerprint density at radius 1 is 1.07 bits per heavy atom. The van der Waals surface area contributed by atoms with Gasteiger partial charge in [-0.2, -0.15) is 0 Å². The summed E-state index contributed by atoms with van der Waals surface area (Å²) in [5, 5.41) is 5.15. The van der Waals surface area contributed by atoms with Crippen LogP contribution in [0.15, 0.2) is 59.2 Å². The molecule has 158 valence electrons. The van der Waals surface area contributed by atoms with Gasteiger partial charge in [-0.25, -0.2) is 9.78 Å². The highest BCUT2D eigenvalue weighted by Crippen LogP contribution is 2.24. The first kappa shape index (κ1) is 21.0. The third kappa shape index (κ3) is 6.16. The lowest BCUT2D eigenvalue weighted by atomic mass is 10.2. The molecule has 10 heteroatoms. The van der Waals surface area contributed by atoms with Crippen molar-refractivity contribution in [1.82, 2.24) is 10.3 Å². The number of rotatable bonds is 7. The Labute approximate surface area is 169 Å². The molecule has 2 amide bonds. The number of oxazole rings is 1. The topological polar surface area (TPSA) is 85.6 Å². The molecule has 0 saturated heterocycles. The Kier molecular flexibility index (Phi) is 6.45. The number of carbonyl (C=O) groups excluding carboxylic acids is 1. The van der Waals surface area contributed by atoms with E-state index in [-0.39, 0.29) is 12.3 Å². The average Bonchev–Trinajstić information content (AvgIpc) is 3.17. The molecule has 1 aromatic heterocycles. The molecule has 0 spiro atoms. The van der Waals surface area contributed by atoms with Gasteiger partial charge < -0.3 is 24.5 Å². The van der Waals surface area contributed by atoms with Crippen LogP contribution in [0.1, 0.15) is 5.69 Å². The molecular weight excluding hydrogens is 403 g/mol. The van der Waals surface area contributed by atoms with Crippen molar-refractivity contribution in [2.24, 2.45) is 0 Å². The monoisotopic (exact) mass is 421 g/mol. The number of hydrogen-bond donors (Lipinski definition) is 2. The van der Waals surface area contributed by atoms with Gasteiger partial charge in [0, 0.05) is 24.2 Å². The second-order valence-corrected chi connectivity index (χ2v) is 6.08. The Morgan fingerprint density at radius 2 is 1.73 bits per heavy atom. The summed E-state index contributed by atoms with van der Waals surface area (Å²) in [5.41, 5.74) is 1.78. The van der Waals surface area contributed by atoms with E-state index in [9.17, 15) is 18.0 Å². The van der Waals surface area contributed by atoms with Crippen LogP contribution in [-0.4, -0.2) is 31.0 Å². The van der Waals surface area contributed by atoms with E-state index in [4.69, 9.17) is 9.15 Å². The predicted octanol–water partition coefficient (Wildman–Crippen LogP) is 4.61. The molecule has 0 aliphatic carbocycles. The van der Waals surface area contributed by atoms with Crippen LogP contribution in [0.2, 0.25) is 0 Å². The predicted molar refractivity (Wildman–Crippen MR) is 102 cm³/mol. The van der Waals surface area contributed by atoms with E-state index in [2.05, 4.69) is 20.4 Å². The van der Waals surface area contributed by atoms with E-state index in [1.54, 1.807) is 19.2 Å². The minimum atomic E-state index is -4.76. The highest BCUT2D eigenvalue weighted by Gasteiger charge is 2.30. The number of methoxy groups -OCH3 is 1. The highest BCUT2D eigenvalue weighted by atomic mass is 19.4. The number of amides is 2. The molecule has 0 aliphatic rings. The van der Waals surface area contributed by atoms with Crippen LogP contribution < -0.4 is 20.1 Å².